The van der Waals surface area contributed by atoms with Crippen LogP contribution in [0.25, 0.3) is 0 Å². The molecule has 1 aliphatic heterocycles. The van der Waals surface area contributed by atoms with Gasteiger partial charge in [-0.2, -0.15) is 0 Å². The van der Waals surface area contributed by atoms with Crippen LogP contribution < -0.4 is 15.5 Å². The molecular formula is C29H36N4O2. The molecule has 1 saturated heterocycles. The quantitative estimate of drug-likeness (QED) is 0.609. The van der Waals surface area contributed by atoms with Crippen LogP contribution in [0.2, 0.25) is 0 Å². The summed E-state index contributed by atoms with van der Waals surface area (Å²) in [5, 5.41) is 6.17. The summed E-state index contributed by atoms with van der Waals surface area (Å²) in [6, 6.07) is 11.4. The number of piperidine rings is 1. The van der Waals surface area contributed by atoms with Crippen molar-refractivity contribution in [2.45, 2.75) is 64.3 Å². The van der Waals surface area contributed by atoms with Gasteiger partial charge in [0.05, 0.1) is 11.9 Å². The Labute approximate surface area is 207 Å². The first-order valence-electron chi connectivity index (χ1n) is 13.5. The fourth-order valence-electron chi connectivity index (χ4n) is 7.51. The number of carbonyl (C=O) groups excluding carboxylic acids is 2. The van der Waals surface area contributed by atoms with Crippen LogP contribution in [0.3, 0.4) is 0 Å². The molecule has 4 aliphatic carbocycles. The van der Waals surface area contributed by atoms with E-state index in [-0.39, 0.29) is 17.2 Å². The Kier molecular flexibility index (Phi) is 5.99. The predicted octanol–water partition coefficient (Wildman–Crippen LogP) is 5.16. The lowest BCUT2D eigenvalue weighted by molar-refractivity contribution is -0.146. The summed E-state index contributed by atoms with van der Waals surface area (Å²) in [4.78, 5) is 32.8. The maximum absolute atomic E-state index is 13.2. The van der Waals surface area contributed by atoms with E-state index in [2.05, 4.69) is 20.5 Å². The summed E-state index contributed by atoms with van der Waals surface area (Å²) >= 11 is 0. The standard InChI is InChI=1S/C29H36N4O2/c34-27(32-25-8-9-26(30-19-25)33-10-2-1-3-11-33)24-6-4-20(5-7-24)18-31-28(35)29-15-21-12-22(16-29)14-23(13-21)17-29/h4-9,19,21-23H,1-3,10-18H2,(H,31,35)(H,32,34). The molecule has 4 saturated carbocycles. The van der Waals surface area contributed by atoms with Gasteiger partial charge in [0.1, 0.15) is 5.82 Å². The highest BCUT2D eigenvalue weighted by atomic mass is 16.2. The van der Waals surface area contributed by atoms with Gasteiger partial charge in [-0.3, -0.25) is 9.59 Å². The van der Waals surface area contributed by atoms with E-state index in [9.17, 15) is 9.59 Å². The normalized spacial score (nSPS) is 29.1. The lowest BCUT2D eigenvalue weighted by atomic mass is 9.49. The number of rotatable bonds is 6. The van der Waals surface area contributed by atoms with E-state index < -0.39 is 0 Å². The minimum absolute atomic E-state index is 0.119. The minimum atomic E-state index is -0.151. The molecule has 7 rings (SSSR count). The zero-order chi connectivity index (χ0) is 23.8. The maximum atomic E-state index is 13.2. The number of amides is 2. The van der Waals surface area contributed by atoms with Crippen LogP contribution in [-0.4, -0.2) is 29.9 Å². The third-order valence-electron chi connectivity index (χ3n) is 8.87. The number of hydrogen-bond acceptors (Lipinski definition) is 4. The number of benzene rings is 1. The first kappa shape index (κ1) is 22.6. The average molecular weight is 473 g/mol. The molecule has 0 spiro atoms. The van der Waals surface area contributed by atoms with E-state index in [4.69, 9.17) is 0 Å². The molecule has 1 aromatic carbocycles. The van der Waals surface area contributed by atoms with Gasteiger partial charge in [-0.15, -0.1) is 0 Å². The first-order chi connectivity index (χ1) is 17.1. The third-order valence-corrected chi connectivity index (χ3v) is 8.87. The molecule has 2 heterocycles. The zero-order valence-electron chi connectivity index (χ0n) is 20.5. The molecule has 2 amide bonds. The summed E-state index contributed by atoms with van der Waals surface area (Å²) in [6.07, 6.45) is 12.7. The van der Waals surface area contributed by atoms with Crippen molar-refractivity contribution in [1.29, 1.82) is 0 Å². The monoisotopic (exact) mass is 472 g/mol. The van der Waals surface area contributed by atoms with Gasteiger partial charge >= 0.3 is 0 Å². The third kappa shape index (κ3) is 4.67. The molecule has 4 bridgehead atoms. The Bertz CT molecular complexity index is 1040. The smallest absolute Gasteiger partial charge is 0.255 e. The van der Waals surface area contributed by atoms with Gasteiger partial charge in [0.25, 0.3) is 5.91 Å². The van der Waals surface area contributed by atoms with Gasteiger partial charge in [0.2, 0.25) is 5.91 Å². The van der Waals surface area contributed by atoms with Crippen molar-refractivity contribution in [2.24, 2.45) is 23.2 Å². The topological polar surface area (TPSA) is 74.3 Å². The summed E-state index contributed by atoms with van der Waals surface area (Å²) in [6.45, 7) is 2.62. The molecule has 6 nitrogen and oxygen atoms in total. The maximum Gasteiger partial charge on any atom is 0.255 e. The lowest BCUT2D eigenvalue weighted by Gasteiger charge is -2.55. The van der Waals surface area contributed by atoms with E-state index in [1.165, 1.54) is 38.5 Å². The molecule has 5 aliphatic rings. The Morgan fingerprint density at radius 2 is 1.54 bits per heavy atom. The Morgan fingerprint density at radius 1 is 0.886 bits per heavy atom. The molecule has 5 fully saturated rings. The Morgan fingerprint density at radius 3 is 2.14 bits per heavy atom. The number of hydrogen-bond donors (Lipinski definition) is 2. The van der Waals surface area contributed by atoms with Crippen molar-refractivity contribution in [1.82, 2.24) is 10.3 Å². The van der Waals surface area contributed by atoms with Crippen molar-refractivity contribution in [3.05, 3.63) is 53.7 Å². The van der Waals surface area contributed by atoms with Gasteiger partial charge in [0, 0.05) is 30.6 Å². The fourth-order valence-corrected chi connectivity index (χ4v) is 7.51. The van der Waals surface area contributed by atoms with Gasteiger partial charge < -0.3 is 15.5 Å². The van der Waals surface area contributed by atoms with E-state index >= 15 is 0 Å². The van der Waals surface area contributed by atoms with Crippen molar-refractivity contribution < 1.29 is 9.59 Å². The first-order valence-corrected chi connectivity index (χ1v) is 13.5. The van der Waals surface area contributed by atoms with E-state index in [0.717, 1.165) is 61.5 Å². The Balaban J connectivity index is 1.02. The number of pyridine rings is 1. The van der Waals surface area contributed by atoms with E-state index in [0.29, 0.717) is 17.8 Å². The number of nitrogens with zero attached hydrogens (tertiary/aromatic N) is 2. The summed E-state index contributed by atoms with van der Waals surface area (Å²) in [5.41, 5.74) is 2.20. The zero-order valence-corrected chi connectivity index (χ0v) is 20.5. The van der Waals surface area contributed by atoms with Crippen molar-refractivity contribution in [3.63, 3.8) is 0 Å². The Hall–Kier alpha value is -2.89. The van der Waals surface area contributed by atoms with Gasteiger partial charge in [-0.1, -0.05) is 12.1 Å². The average Bonchev–Trinajstić information content (AvgIpc) is 2.88. The largest absolute Gasteiger partial charge is 0.357 e. The number of carbonyl (C=O) groups is 2. The SMILES string of the molecule is O=C(Nc1ccc(N2CCCCC2)nc1)c1ccc(CNC(=O)C23CC4CC(CC(C4)C2)C3)cc1. The van der Waals surface area contributed by atoms with Crippen molar-refractivity contribution >= 4 is 23.3 Å². The molecular weight excluding hydrogens is 436 g/mol. The molecule has 2 aromatic rings. The van der Waals surface area contributed by atoms with Crippen LogP contribution in [0.5, 0.6) is 0 Å². The summed E-state index contributed by atoms with van der Waals surface area (Å²) < 4.78 is 0. The highest BCUT2D eigenvalue weighted by molar-refractivity contribution is 6.04. The highest BCUT2D eigenvalue weighted by Gasteiger charge is 2.54. The fraction of sp³-hybridized carbons (Fsp3) is 0.552. The molecule has 0 atom stereocenters. The molecule has 35 heavy (non-hydrogen) atoms. The van der Waals surface area contributed by atoms with Crippen LogP contribution in [0.4, 0.5) is 11.5 Å². The molecule has 1 aromatic heterocycles. The van der Waals surface area contributed by atoms with E-state index in [1.54, 1.807) is 6.20 Å². The van der Waals surface area contributed by atoms with Crippen LogP contribution in [0.1, 0.15) is 73.7 Å². The van der Waals surface area contributed by atoms with Crippen molar-refractivity contribution in [3.8, 4) is 0 Å². The second-order valence-electron chi connectivity index (χ2n) is 11.5. The number of anilines is 2. The summed E-state index contributed by atoms with van der Waals surface area (Å²) in [7, 11) is 0. The molecule has 184 valence electrons. The number of nitrogens with one attached hydrogen (secondary N) is 2. The molecule has 2 N–H and O–H groups in total. The van der Waals surface area contributed by atoms with Crippen LogP contribution in [0, 0.1) is 23.2 Å². The van der Waals surface area contributed by atoms with Gasteiger partial charge in [-0.05, 0) is 105 Å². The second-order valence-corrected chi connectivity index (χ2v) is 11.5. The van der Waals surface area contributed by atoms with Crippen LogP contribution in [-0.2, 0) is 11.3 Å². The highest BCUT2D eigenvalue weighted by Crippen LogP contribution is 2.60. The van der Waals surface area contributed by atoms with Crippen LogP contribution in [0.15, 0.2) is 42.6 Å². The van der Waals surface area contributed by atoms with Crippen LogP contribution >= 0.6 is 0 Å². The molecule has 0 unspecified atom stereocenters. The van der Waals surface area contributed by atoms with E-state index in [1.807, 2.05) is 36.4 Å². The number of aromatic nitrogens is 1. The van der Waals surface area contributed by atoms with Crippen molar-refractivity contribution in [2.75, 3.05) is 23.3 Å². The predicted molar refractivity (Wildman–Crippen MR) is 137 cm³/mol. The molecule has 0 radical (unpaired) electrons. The summed E-state index contributed by atoms with van der Waals surface area (Å²) in [5.74, 6) is 3.37. The second kappa shape index (κ2) is 9.29. The van der Waals surface area contributed by atoms with Gasteiger partial charge in [-0.25, -0.2) is 4.98 Å². The molecule has 6 heteroatoms. The van der Waals surface area contributed by atoms with Gasteiger partial charge in [0.15, 0.2) is 0 Å². The minimum Gasteiger partial charge on any atom is -0.357 e. The lowest BCUT2D eigenvalue weighted by Crippen LogP contribution is -2.53.